The third kappa shape index (κ3) is 5.06. The van der Waals surface area contributed by atoms with E-state index in [1.165, 1.54) is 0 Å². The quantitative estimate of drug-likeness (QED) is 0.762. The molecule has 0 aromatic carbocycles. The molecule has 140 valence electrons. The average Bonchev–Trinajstić information content (AvgIpc) is 2.82. The number of ether oxygens (including phenoxy) is 2. The Hall–Kier alpha value is -1.86. The number of nitrogens with zero attached hydrogens (tertiary/aromatic N) is 1. The van der Waals surface area contributed by atoms with Gasteiger partial charge in [-0.3, -0.25) is 9.69 Å². The number of esters is 1. The van der Waals surface area contributed by atoms with Gasteiger partial charge in [0.25, 0.3) is 5.91 Å². The molecule has 2 rings (SSSR count). The van der Waals surface area contributed by atoms with Crippen LogP contribution in [0.3, 0.4) is 0 Å². The number of rotatable bonds is 6. The lowest BCUT2D eigenvalue weighted by Gasteiger charge is -2.29. The number of aromatic amines is 1. The van der Waals surface area contributed by atoms with E-state index in [0.29, 0.717) is 22.5 Å². The maximum absolute atomic E-state index is 12.6. The van der Waals surface area contributed by atoms with Gasteiger partial charge >= 0.3 is 5.97 Å². The SMILES string of the molecule is Cc1[nH]c(C(=O)N[C@H](C)CN2CCOCC2)c(C)c1C(=O)OC(C)C. The number of hydrogen-bond donors (Lipinski definition) is 2. The zero-order valence-electron chi connectivity index (χ0n) is 15.8. The highest BCUT2D eigenvalue weighted by atomic mass is 16.5. The van der Waals surface area contributed by atoms with Gasteiger partial charge in [0.05, 0.1) is 24.9 Å². The van der Waals surface area contributed by atoms with Crippen molar-refractivity contribution < 1.29 is 19.1 Å². The third-order valence-electron chi connectivity index (χ3n) is 4.22. The van der Waals surface area contributed by atoms with Gasteiger partial charge in [-0.05, 0) is 40.2 Å². The normalized spacial score (nSPS) is 16.7. The first-order chi connectivity index (χ1) is 11.8. The summed E-state index contributed by atoms with van der Waals surface area (Å²) in [6.45, 7) is 13.1. The first-order valence-corrected chi connectivity index (χ1v) is 8.80. The van der Waals surface area contributed by atoms with Crippen LogP contribution in [0.4, 0.5) is 0 Å². The third-order valence-corrected chi connectivity index (χ3v) is 4.22. The summed E-state index contributed by atoms with van der Waals surface area (Å²) in [4.78, 5) is 30.1. The van der Waals surface area contributed by atoms with Gasteiger partial charge < -0.3 is 19.8 Å². The molecule has 0 unspecified atom stereocenters. The first kappa shape index (κ1) is 19.5. The van der Waals surface area contributed by atoms with Crippen LogP contribution in [0.1, 0.15) is 52.9 Å². The molecule has 1 saturated heterocycles. The van der Waals surface area contributed by atoms with Crippen LogP contribution < -0.4 is 5.32 Å². The summed E-state index contributed by atoms with van der Waals surface area (Å²) in [5, 5.41) is 3.00. The second-order valence-electron chi connectivity index (χ2n) is 6.87. The lowest BCUT2D eigenvalue weighted by Crippen LogP contribution is -2.46. The van der Waals surface area contributed by atoms with Crippen molar-refractivity contribution in [2.24, 2.45) is 0 Å². The Morgan fingerprint density at radius 3 is 2.48 bits per heavy atom. The molecule has 1 fully saturated rings. The Morgan fingerprint density at radius 2 is 1.88 bits per heavy atom. The lowest BCUT2D eigenvalue weighted by atomic mass is 10.1. The highest BCUT2D eigenvalue weighted by Crippen LogP contribution is 2.19. The zero-order chi connectivity index (χ0) is 18.6. The molecular weight excluding hydrogens is 322 g/mol. The Kier molecular flexibility index (Phi) is 6.61. The molecule has 2 heterocycles. The summed E-state index contributed by atoms with van der Waals surface area (Å²) in [6, 6.07) is -0.000304. The van der Waals surface area contributed by atoms with Crippen molar-refractivity contribution in [3.05, 3.63) is 22.5 Å². The van der Waals surface area contributed by atoms with Gasteiger partial charge in [-0.25, -0.2) is 4.79 Å². The summed E-state index contributed by atoms with van der Waals surface area (Å²) >= 11 is 0. The number of nitrogens with one attached hydrogen (secondary N) is 2. The van der Waals surface area contributed by atoms with Crippen LogP contribution in [0.5, 0.6) is 0 Å². The van der Waals surface area contributed by atoms with E-state index in [9.17, 15) is 9.59 Å². The molecule has 25 heavy (non-hydrogen) atoms. The van der Waals surface area contributed by atoms with Gasteiger partial charge in [-0.15, -0.1) is 0 Å². The van der Waals surface area contributed by atoms with Crippen molar-refractivity contribution in [1.82, 2.24) is 15.2 Å². The van der Waals surface area contributed by atoms with Crippen molar-refractivity contribution in [2.75, 3.05) is 32.8 Å². The van der Waals surface area contributed by atoms with E-state index in [0.717, 1.165) is 32.8 Å². The minimum atomic E-state index is -0.401. The number of morpholine rings is 1. The van der Waals surface area contributed by atoms with E-state index >= 15 is 0 Å². The van der Waals surface area contributed by atoms with Crippen LogP contribution in [0.15, 0.2) is 0 Å². The number of H-pyrrole nitrogens is 1. The Labute approximate surface area is 149 Å². The molecule has 0 radical (unpaired) electrons. The summed E-state index contributed by atoms with van der Waals surface area (Å²) in [5.74, 6) is -0.605. The van der Waals surface area contributed by atoms with E-state index in [4.69, 9.17) is 9.47 Å². The van der Waals surface area contributed by atoms with Crippen LogP contribution in [0.25, 0.3) is 0 Å². The minimum Gasteiger partial charge on any atom is -0.459 e. The molecule has 0 spiro atoms. The lowest BCUT2D eigenvalue weighted by molar-refractivity contribution is 0.0342. The number of carbonyl (C=O) groups excluding carboxylic acids is 2. The predicted octanol–water partition coefficient (Wildman–Crippen LogP) is 1.65. The Morgan fingerprint density at radius 1 is 1.24 bits per heavy atom. The smallest absolute Gasteiger partial charge is 0.340 e. The van der Waals surface area contributed by atoms with Gasteiger partial charge in [0, 0.05) is 31.4 Å². The van der Waals surface area contributed by atoms with Crippen molar-refractivity contribution in [3.63, 3.8) is 0 Å². The molecule has 0 saturated carbocycles. The molecule has 0 bridgehead atoms. The largest absolute Gasteiger partial charge is 0.459 e. The Balaban J connectivity index is 2.02. The summed E-state index contributed by atoms with van der Waals surface area (Å²) in [7, 11) is 0. The molecule has 1 aromatic rings. The number of aryl methyl sites for hydroxylation is 1. The van der Waals surface area contributed by atoms with Gasteiger partial charge in [-0.1, -0.05) is 0 Å². The first-order valence-electron chi connectivity index (χ1n) is 8.80. The summed E-state index contributed by atoms with van der Waals surface area (Å²) in [6.07, 6.45) is -0.202. The predicted molar refractivity (Wildman–Crippen MR) is 95.0 cm³/mol. The molecular formula is C18H29N3O4. The van der Waals surface area contributed by atoms with E-state index in [2.05, 4.69) is 15.2 Å². The zero-order valence-corrected chi connectivity index (χ0v) is 15.8. The highest BCUT2D eigenvalue weighted by Gasteiger charge is 2.24. The highest BCUT2D eigenvalue weighted by molar-refractivity contribution is 6.00. The number of amides is 1. The number of carbonyl (C=O) groups is 2. The number of hydrogen-bond acceptors (Lipinski definition) is 5. The van der Waals surface area contributed by atoms with E-state index in [1.54, 1.807) is 27.7 Å². The van der Waals surface area contributed by atoms with Crippen molar-refractivity contribution >= 4 is 11.9 Å². The topological polar surface area (TPSA) is 83.7 Å². The molecule has 1 amide bonds. The molecule has 1 atom stereocenters. The average molecular weight is 351 g/mol. The van der Waals surface area contributed by atoms with Crippen molar-refractivity contribution in [1.29, 1.82) is 0 Å². The monoisotopic (exact) mass is 351 g/mol. The van der Waals surface area contributed by atoms with Crippen LogP contribution in [0.2, 0.25) is 0 Å². The van der Waals surface area contributed by atoms with Crippen LogP contribution in [-0.2, 0) is 9.47 Å². The van der Waals surface area contributed by atoms with Crippen molar-refractivity contribution in [3.8, 4) is 0 Å². The molecule has 0 aliphatic carbocycles. The Bertz CT molecular complexity index is 618. The fourth-order valence-corrected chi connectivity index (χ4v) is 3.07. The van der Waals surface area contributed by atoms with Crippen molar-refractivity contribution in [2.45, 2.75) is 46.8 Å². The second-order valence-corrected chi connectivity index (χ2v) is 6.87. The van der Waals surface area contributed by atoms with E-state index < -0.39 is 5.97 Å². The van der Waals surface area contributed by atoms with Crippen LogP contribution >= 0.6 is 0 Å². The molecule has 2 N–H and O–H groups in total. The maximum atomic E-state index is 12.6. The van der Waals surface area contributed by atoms with Gasteiger partial charge in [0.15, 0.2) is 0 Å². The molecule has 1 aliphatic rings. The molecule has 1 aromatic heterocycles. The molecule has 1 aliphatic heterocycles. The second kappa shape index (κ2) is 8.49. The van der Waals surface area contributed by atoms with Crippen LogP contribution in [-0.4, -0.2) is 66.8 Å². The van der Waals surface area contributed by atoms with E-state index in [1.807, 2.05) is 6.92 Å². The van der Waals surface area contributed by atoms with Gasteiger partial charge in [0.1, 0.15) is 5.69 Å². The fraction of sp³-hybridized carbons (Fsp3) is 0.667. The van der Waals surface area contributed by atoms with E-state index in [-0.39, 0.29) is 18.1 Å². The molecule has 7 heteroatoms. The van der Waals surface area contributed by atoms with Gasteiger partial charge in [0.2, 0.25) is 0 Å². The summed E-state index contributed by atoms with van der Waals surface area (Å²) in [5.41, 5.74) is 2.13. The minimum absolute atomic E-state index is 0.000304. The summed E-state index contributed by atoms with van der Waals surface area (Å²) < 4.78 is 10.6. The number of aromatic nitrogens is 1. The molecule has 7 nitrogen and oxygen atoms in total. The fourth-order valence-electron chi connectivity index (χ4n) is 3.07. The van der Waals surface area contributed by atoms with Crippen LogP contribution in [0, 0.1) is 13.8 Å². The maximum Gasteiger partial charge on any atom is 0.340 e. The standard InChI is InChI=1S/C18H29N3O4/c1-11(2)25-18(23)15-13(4)16(20-14(15)5)17(22)19-12(3)10-21-6-8-24-9-7-21/h11-12,20H,6-10H2,1-5H3,(H,19,22)/t12-/m1/s1. The van der Waals surface area contributed by atoms with Gasteiger partial charge in [-0.2, -0.15) is 0 Å².